The SMILES string of the molecule is Cc1ccc(Nc2ncnc3c2cnn3CCc2ccccc2)cc1. The third kappa shape index (κ3) is 3.35. The van der Waals surface area contributed by atoms with Crippen LogP contribution in [0.4, 0.5) is 11.5 Å². The highest BCUT2D eigenvalue weighted by Gasteiger charge is 2.10. The molecule has 2 aromatic heterocycles. The topological polar surface area (TPSA) is 55.6 Å². The second-order valence-electron chi connectivity index (χ2n) is 6.05. The molecule has 0 unspecified atom stereocenters. The van der Waals surface area contributed by atoms with Crippen molar-refractivity contribution in [2.24, 2.45) is 0 Å². The van der Waals surface area contributed by atoms with E-state index < -0.39 is 0 Å². The molecule has 0 saturated heterocycles. The largest absolute Gasteiger partial charge is 0.340 e. The molecular weight excluding hydrogens is 310 g/mol. The van der Waals surface area contributed by atoms with Gasteiger partial charge in [-0.1, -0.05) is 48.0 Å². The fourth-order valence-corrected chi connectivity index (χ4v) is 2.81. The molecule has 0 aliphatic heterocycles. The maximum absolute atomic E-state index is 4.50. The van der Waals surface area contributed by atoms with Gasteiger partial charge >= 0.3 is 0 Å². The van der Waals surface area contributed by atoms with Crippen LogP contribution in [0.25, 0.3) is 11.0 Å². The summed E-state index contributed by atoms with van der Waals surface area (Å²) in [6, 6.07) is 18.6. The van der Waals surface area contributed by atoms with Crippen molar-refractivity contribution in [2.75, 3.05) is 5.32 Å². The Kier molecular flexibility index (Phi) is 4.12. The van der Waals surface area contributed by atoms with Crippen molar-refractivity contribution in [2.45, 2.75) is 19.9 Å². The number of hydrogen-bond acceptors (Lipinski definition) is 4. The summed E-state index contributed by atoms with van der Waals surface area (Å²) < 4.78 is 1.93. The van der Waals surface area contributed by atoms with Gasteiger partial charge in [0.1, 0.15) is 12.1 Å². The van der Waals surface area contributed by atoms with Crippen molar-refractivity contribution in [3.63, 3.8) is 0 Å². The molecule has 0 aliphatic carbocycles. The molecule has 0 aliphatic rings. The van der Waals surface area contributed by atoms with Gasteiger partial charge in [-0.3, -0.25) is 0 Å². The zero-order valence-electron chi connectivity index (χ0n) is 14.1. The van der Waals surface area contributed by atoms with E-state index in [1.165, 1.54) is 11.1 Å². The van der Waals surface area contributed by atoms with Gasteiger partial charge in [0.05, 0.1) is 11.6 Å². The van der Waals surface area contributed by atoms with Crippen LogP contribution in [0, 0.1) is 6.92 Å². The molecule has 124 valence electrons. The van der Waals surface area contributed by atoms with E-state index >= 15 is 0 Å². The van der Waals surface area contributed by atoms with Crippen LogP contribution in [0.15, 0.2) is 67.1 Å². The summed E-state index contributed by atoms with van der Waals surface area (Å²) in [5.41, 5.74) is 4.37. The van der Waals surface area contributed by atoms with Crippen LogP contribution in [-0.2, 0) is 13.0 Å². The first-order valence-electron chi connectivity index (χ1n) is 8.34. The third-order valence-corrected chi connectivity index (χ3v) is 4.20. The summed E-state index contributed by atoms with van der Waals surface area (Å²) in [5.74, 6) is 0.778. The van der Waals surface area contributed by atoms with E-state index in [1.54, 1.807) is 6.33 Å². The quantitative estimate of drug-likeness (QED) is 0.598. The Bertz CT molecular complexity index is 974. The number of nitrogens with one attached hydrogen (secondary N) is 1. The first kappa shape index (κ1) is 15.3. The van der Waals surface area contributed by atoms with Crippen LogP contribution in [0.3, 0.4) is 0 Å². The van der Waals surface area contributed by atoms with Crippen LogP contribution >= 0.6 is 0 Å². The van der Waals surface area contributed by atoms with Crippen molar-refractivity contribution in [1.82, 2.24) is 19.7 Å². The van der Waals surface area contributed by atoms with Gasteiger partial charge in [0.2, 0.25) is 0 Å². The van der Waals surface area contributed by atoms with Gasteiger partial charge in [-0.05, 0) is 31.0 Å². The summed E-state index contributed by atoms with van der Waals surface area (Å²) in [4.78, 5) is 8.80. The van der Waals surface area contributed by atoms with Crippen molar-refractivity contribution in [3.05, 3.63) is 78.2 Å². The van der Waals surface area contributed by atoms with Gasteiger partial charge in [-0.2, -0.15) is 5.10 Å². The fourth-order valence-electron chi connectivity index (χ4n) is 2.81. The summed E-state index contributed by atoms with van der Waals surface area (Å²) in [7, 11) is 0. The Morgan fingerprint density at radius 3 is 2.56 bits per heavy atom. The normalized spacial score (nSPS) is 10.9. The summed E-state index contributed by atoms with van der Waals surface area (Å²) in [6.07, 6.45) is 4.33. The molecule has 0 radical (unpaired) electrons. The summed E-state index contributed by atoms with van der Waals surface area (Å²) in [5, 5.41) is 8.78. The number of aromatic nitrogens is 4. The minimum atomic E-state index is 0.778. The van der Waals surface area contributed by atoms with E-state index in [1.807, 2.05) is 29.1 Å². The number of rotatable bonds is 5. The molecule has 2 heterocycles. The fraction of sp³-hybridized carbons (Fsp3) is 0.150. The molecule has 4 rings (SSSR count). The number of nitrogens with zero attached hydrogens (tertiary/aromatic N) is 4. The molecule has 4 aromatic rings. The molecule has 0 bridgehead atoms. The van der Waals surface area contributed by atoms with Crippen molar-refractivity contribution < 1.29 is 0 Å². The smallest absolute Gasteiger partial charge is 0.163 e. The van der Waals surface area contributed by atoms with E-state index in [9.17, 15) is 0 Å². The molecule has 0 atom stereocenters. The number of anilines is 2. The Balaban J connectivity index is 1.58. The van der Waals surface area contributed by atoms with Crippen LogP contribution < -0.4 is 5.32 Å². The number of fused-ring (bicyclic) bond motifs is 1. The lowest BCUT2D eigenvalue weighted by atomic mass is 10.1. The molecule has 0 spiro atoms. The zero-order valence-corrected chi connectivity index (χ0v) is 14.1. The molecule has 2 aromatic carbocycles. The number of aryl methyl sites for hydroxylation is 3. The number of hydrogen-bond donors (Lipinski definition) is 1. The highest BCUT2D eigenvalue weighted by Crippen LogP contribution is 2.23. The van der Waals surface area contributed by atoms with E-state index in [-0.39, 0.29) is 0 Å². The van der Waals surface area contributed by atoms with Crippen molar-refractivity contribution in [1.29, 1.82) is 0 Å². The molecule has 0 amide bonds. The molecule has 0 fully saturated rings. The highest BCUT2D eigenvalue weighted by molar-refractivity contribution is 5.88. The van der Waals surface area contributed by atoms with E-state index in [0.29, 0.717) is 0 Å². The second-order valence-corrected chi connectivity index (χ2v) is 6.05. The Morgan fingerprint density at radius 1 is 0.960 bits per heavy atom. The van der Waals surface area contributed by atoms with Crippen LogP contribution in [0.2, 0.25) is 0 Å². The zero-order chi connectivity index (χ0) is 17.1. The monoisotopic (exact) mass is 329 g/mol. The van der Waals surface area contributed by atoms with E-state index in [0.717, 1.165) is 35.5 Å². The van der Waals surface area contributed by atoms with Crippen LogP contribution in [-0.4, -0.2) is 19.7 Å². The van der Waals surface area contributed by atoms with Crippen molar-refractivity contribution >= 4 is 22.5 Å². The van der Waals surface area contributed by atoms with E-state index in [4.69, 9.17) is 0 Å². The molecule has 1 N–H and O–H groups in total. The Labute approximate surface area is 146 Å². The molecule has 5 heteroatoms. The van der Waals surface area contributed by atoms with Gasteiger partial charge in [0, 0.05) is 12.2 Å². The molecule has 0 saturated carbocycles. The summed E-state index contributed by atoms with van der Waals surface area (Å²) in [6.45, 7) is 2.86. The summed E-state index contributed by atoms with van der Waals surface area (Å²) >= 11 is 0. The van der Waals surface area contributed by atoms with Gasteiger partial charge in [0.25, 0.3) is 0 Å². The predicted octanol–water partition coefficient (Wildman–Crippen LogP) is 4.12. The van der Waals surface area contributed by atoms with Crippen molar-refractivity contribution in [3.8, 4) is 0 Å². The first-order valence-corrected chi connectivity index (χ1v) is 8.34. The lowest BCUT2D eigenvalue weighted by Gasteiger charge is -2.07. The average molecular weight is 329 g/mol. The molecule has 25 heavy (non-hydrogen) atoms. The predicted molar refractivity (Wildman–Crippen MR) is 99.9 cm³/mol. The first-order chi connectivity index (χ1) is 12.3. The molecular formula is C20H19N5. The second kappa shape index (κ2) is 6.73. The van der Waals surface area contributed by atoms with E-state index in [2.05, 4.69) is 63.7 Å². The lowest BCUT2D eigenvalue weighted by Crippen LogP contribution is -2.04. The minimum Gasteiger partial charge on any atom is -0.340 e. The highest BCUT2D eigenvalue weighted by atomic mass is 15.3. The maximum atomic E-state index is 4.50. The van der Waals surface area contributed by atoms with Gasteiger partial charge in [0.15, 0.2) is 5.65 Å². The van der Waals surface area contributed by atoms with Gasteiger partial charge in [-0.25, -0.2) is 14.6 Å². The van der Waals surface area contributed by atoms with Crippen LogP contribution in [0.5, 0.6) is 0 Å². The minimum absolute atomic E-state index is 0.778. The van der Waals surface area contributed by atoms with Gasteiger partial charge in [-0.15, -0.1) is 0 Å². The van der Waals surface area contributed by atoms with Gasteiger partial charge < -0.3 is 5.32 Å². The van der Waals surface area contributed by atoms with Crippen LogP contribution in [0.1, 0.15) is 11.1 Å². The number of benzene rings is 2. The standard InChI is InChI=1S/C20H19N5/c1-15-7-9-17(10-8-15)24-19-18-13-23-25(20(18)22-14-21-19)12-11-16-5-3-2-4-6-16/h2-10,13-14H,11-12H2,1H3,(H,21,22,24). The Hall–Kier alpha value is -3.21. The third-order valence-electron chi connectivity index (χ3n) is 4.20. The molecule has 5 nitrogen and oxygen atoms in total. The maximum Gasteiger partial charge on any atom is 0.163 e. The average Bonchev–Trinajstić information content (AvgIpc) is 3.07. The lowest BCUT2D eigenvalue weighted by molar-refractivity contribution is 0.629. The Morgan fingerprint density at radius 2 is 1.76 bits per heavy atom.